The summed E-state index contributed by atoms with van der Waals surface area (Å²) in [6.07, 6.45) is 3.36. The highest BCUT2D eigenvalue weighted by molar-refractivity contribution is 5.81. The number of amides is 1. The van der Waals surface area contributed by atoms with Gasteiger partial charge in [-0.3, -0.25) is 9.69 Å². The number of nitriles is 1. The third kappa shape index (κ3) is 5.49. The van der Waals surface area contributed by atoms with Crippen molar-refractivity contribution in [3.05, 3.63) is 41.2 Å². The highest BCUT2D eigenvalue weighted by Gasteiger charge is 2.27. The van der Waals surface area contributed by atoms with Crippen molar-refractivity contribution in [3.63, 3.8) is 0 Å². The number of nitrogens with one attached hydrogen (secondary N) is 2. The molecule has 2 N–H and O–H groups in total. The van der Waals surface area contributed by atoms with Gasteiger partial charge in [0.05, 0.1) is 25.3 Å². The third-order valence-corrected chi connectivity index (χ3v) is 6.14. The van der Waals surface area contributed by atoms with E-state index in [1.54, 1.807) is 6.07 Å². The normalized spacial score (nSPS) is 23.7. The second-order valence-corrected chi connectivity index (χ2v) is 8.28. The molecule has 0 radical (unpaired) electrons. The van der Waals surface area contributed by atoms with Crippen molar-refractivity contribution in [2.75, 3.05) is 46.0 Å². The Hall–Kier alpha value is -2.31. The molecule has 1 aromatic carbocycles. The predicted octanol–water partition coefficient (Wildman–Crippen LogP) is 1.24. The molecule has 1 unspecified atom stereocenters. The molecule has 3 heterocycles. The molecule has 1 amide bonds. The van der Waals surface area contributed by atoms with Crippen LogP contribution in [0.1, 0.15) is 24.0 Å². The van der Waals surface area contributed by atoms with Crippen molar-refractivity contribution >= 4 is 11.5 Å². The van der Waals surface area contributed by atoms with Crippen LogP contribution in [0.25, 0.3) is 5.57 Å². The highest BCUT2D eigenvalue weighted by Crippen LogP contribution is 2.26. The van der Waals surface area contributed by atoms with Gasteiger partial charge in [0.2, 0.25) is 0 Å². The van der Waals surface area contributed by atoms with Crippen LogP contribution in [0.15, 0.2) is 24.3 Å². The van der Waals surface area contributed by atoms with Crippen molar-refractivity contribution in [2.24, 2.45) is 0 Å². The average molecular weight is 429 g/mol. The summed E-state index contributed by atoms with van der Waals surface area (Å²) < 4.78 is 25.6. The van der Waals surface area contributed by atoms with Crippen LogP contribution >= 0.6 is 0 Å². The molecular formula is C23H29FN4O3. The summed E-state index contributed by atoms with van der Waals surface area (Å²) in [6.45, 7) is 5.11. The van der Waals surface area contributed by atoms with E-state index in [0.717, 1.165) is 56.8 Å². The van der Waals surface area contributed by atoms with Crippen molar-refractivity contribution in [2.45, 2.75) is 37.5 Å². The fourth-order valence-corrected chi connectivity index (χ4v) is 4.12. The quantitative estimate of drug-likeness (QED) is 0.709. The van der Waals surface area contributed by atoms with Crippen LogP contribution in [-0.4, -0.2) is 75.0 Å². The first kappa shape index (κ1) is 21.9. The first-order valence-electron chi connectivity index (χ1n) is 11.0. The summed E-state index contributed by atoms with van der Waals surface area (Å²) >= 11 is 0. The second-order valence-electron chi connectivity index (χ2n) is 8.28. The van der Waals surface area contributed by atoms with Gasteiger partial charge in [0.25, 0.3) is 5.91 Å². The molecule has 7 nitrogen and oxygen atoms in total. The molecule has 3 aliphatic rings. The summed E-state index contributed by atoms with van der Waals surface area (Å²) in [5.74, 6) is -0.693. The molecule has 3 aliphatic heterocycles. The Morgan fingerprint density at radius 2 is 2.29 bits per heavy atom. The Bertz CT molecular complexity index is 857. The van der Waals surface area contributed by atoms with Crippen LogP contribution in [0, 0.1) is 17.1 Å². The lowest BCUT2D eigenvalue weighted by molar-refractivity contribution is -0.132. The van der Waals surface area contributed by atoms with Gasteiger partial charge in [0.1, 0.15) is 18.0 Å². The summed E-state index contributed by atoms with van der Waals surface area (Å²) in [5.41, 5.74) is 2.44. The van der Waals surface area contributed by atoms with E-state index in [4.69, 9.17) is 9.47 Å². The van der Waals surface area contributed by atoms with E-state index in [1.807, 2.05) is 6.07 Å². The minimum absolute atomic E-state index is 0.114. The maximum Gasteiger partial charge on any atom is 0.251 e. The SMILES string of the molecule is N#CC(Cc1ccc(C2=CCN(C3COC3)CC2)cc1F)NC(=O)[C@@H]1CNCCCO1. The maximum atomic E-state index is 14.8. The second kappa shape index (κ2) is 10.3. The third-order valence-electron chi connectivity index (χ3n) is 6.14. The lowest BCUT2D eigenvalue weighted by atomic mass is 9.95. The van der Waals surface area contributed by atoms with E-state index < -0.39 is 12.1 Å². The van der Waals surface area contributed by atoms with Gasteiger partial charge in [-0.2, -0.15) is 5.26 Å². The van der Waals surface area contributed by atoms with Crippen LogP contribution in [0.4, 0.5) is 4.39 Å². The van der Waals surface area contributed by atoms with E-state index in [-0.39, 0.29) is 18.1 Å². The van der Waals surface area contributed by atoms with Gasteiger partial charge in [-0.25, -0.2) is 4.39 Å². The van der Waals surface area contributed by atoms with E-state index in [0.29, 0.717) is 24.8 Å². The highest BCUT2D eigenvalue weighted by atomic mass is 19.1. The molecule has 4 rings (SSSR count). The number of hydrogen-bond acceptors (Lipinski definition) is 6. The van der Waals surface area contributed by atoms with Crippen LogP contribution in [-0.2, 0) is 20.7 Å². The molecule has 8 heteroatoms. The summed E-state index contributed by atoms with van der Waals surface area (Å²) in [5, 5.41) is 15.3. The molecule has 0 aromatic heterocycles. The first-order chi connectivity index (χ1) is 15.1. The Morgan fingerprint density at radius 3 is 2.97 bits per heavy atom. The number of halogens is 1. The maximum absolute atomic E-state index is 14.8. The van der Waals surface area contributed by atoms with Crippen LogP contribution in [0.3, 0.4) is 0 Å². The topological polar surface area (TPSA) is 86.6 Å². The van der Waals surface area contributed by atoms with Crippen LogP contribution in [0.5, 0.6) is 0 Å². The number of nitrogens with zero attached hydrogens (tertiary/aromatic N) is 2. The lowest BCUT2D eigenvalue weighted by Gasteiger charge is -2.38. The van der Waals surface area contributed by atoms with E-state index in [2.05, 4.69) is 27.7 Å². The molecule has 0 spiro atoms. The zero-order chi connectivity index (χ0) is 21.6. The number of ether oxygens (including phenoxy) is 2. The lowest BCUT2D eigenvalue weighted by Crippen LogP contribution is -2.50. The number of carbonyl (C=O) groups excluding carboxylic acids is 1. The van der Waals surface area contributed by atoms with Gasteiger partial charge in [0.15, 0.2) is 0 Å². The molecule has 2 saturated heterocycles. The van der Waals surface area contributed by atoms with E-state index >= 15 is 0 Å². The Labute approximate surface area is 182 Å². The smallest absolute Gasteiger partial charge is 0.251 e. The number of rotatable bonds is 6. The monoisotopic (exact) mass is 428 g/mol. The molecule has 2 atom stereocenters. The number of benzene rings is 1. The molecule has 1 aromatic rings. The van der Waals surface area contributed by atoms with Gasteiger partial charge in [0, 0.05) is 32.7 Å². The minimum atomic E-state index is -0.813. The first-order valence-corrected chi connectivity index (χ1v) is 11.0. The standard InChI is InChI=1S/C23H29FN4O3/c24-21-11-17(16-4-7-28(8-5-16)20-14-30-15-20)2-3-18(21)10-19(12-25)27-23(29)22-13-26-6-1-9-31-22/h2-4,11,19-20,22,26H,1,5-10,13-15H2,(H,27,29)/t19?,22-/m0/s1. The number of carbonyl (C=O) groups is 1. The molecule has 31 heavy (non-hydrogen) atoms. The van der Waals surface area contributed by atoms with Gasteiger partial charge >= 0.3 is 0 Å². The molecular weight excluding hydrogens is 399 g/mol. The largest absolute Gasteiger partial charge is 0.378 e. The Balaban J connectivity index is 1.35. The van der Waals surface area contributed by atoms with Gasteiger partial charge in [-0.15, -0.1) is 0 Å². The van der Waals surface area contributed by atoms with Crippen molar-refractivity contribution in [1.29, 1.82) is 5.26 Å². The molecule has 2 fully saturated rings. The fraction of sp³-hybridized carbons (Fsp3) is 0.565. The Morgan fingerprint density at radius 1 is 1.42 bits per heavy atom. The predicted molar refractivity (Wildman–Crippen MR) is 114 cm³/mol. The zero-order valence-corrected chi connectivity index (χ0v) is 17.6. The van der Waals surface area contributed by atoms with Gasteiger partial charge in [-0.05, 0) is 42.2 Å². The fourth-order valence-electron chi connectivity index (χ4n) is 4.12. The zero-order valence-electron chi connectivity index (χ0n) is 17.6. The van der Waals surface area contributed by atoms with Crippen LogP contribution in [0.2, 0.25) is 0 Å². The summed E-state index contributed by atoms with van der Waals surface area (Å²) in [6, 6.07) is 6.92. The van der Waals surface area contributed by atoms with E-state index in [1.165, 1.54) is 6.07 Å². The van der Waals surface area contributed by atoms with Gasteiger partial charge in [-0.1, -0.05) is 18.2 Å². The van der Waals surface area contributed by atoms with Crippen molar-refractivity contribution in [1.82, 2.24) is 15.5 Å². The van der Waals surface area contributed by atoms with Gasteiger partial charge < -0.3 is 20.1 Å². The van der Waals surface area contributed by atoms with Crippen molar-refractivity contribution in [3.8, 4) is 6.07 Å². The van der Waals surface area contributed by atoms with Crippen LogP contribution < -0.4 is 10.6 Å². The average Bonchev–Trinajstić information content (AvgIpc) is 3.03. The Kier molecular flexibility index (Phi) is 7.30. The number of hydrogen-bond donors (Lipinski definition) is 2. The summed E-state index contributed by atoms with van der Waals surface area (Å²) in [7, 11) is 0. The molecule has 0 saturated carbocycles. The van der Waals surface area contributed by atoms with Crippen molar-refractivity contribution < 1.29 is 18.7 Å². The summed E-state index contributed by atoms with van der Waals surface area (Å²) in [4.78, 5) is 14.8. The molecule has 0 aliphatic carbocycles. The molecule has 0 bridgehead atoms. The molecule has 166 valence electrons. The minimum Gasteiger partial charge on any atom is -0.378 e. The van der Waals surface area contributed by atoms with E-state index in [9.17, 15) is 14.4 Å².